The minimum atomic E-state index is 0.974. The predicted octanol–water partition coefficient (Wildman–Crippen LogP) is 9.28. The molecule has 0 fully saturated rings. The van der Waals surface area contributed by atoms with Crippen molar-refractivity contribution in [3.05, 3.63) is 133 Å². The van der Waals surface area contributed by atoms with Crippen LogP contribution >= 0.6 is 0 Å². The molecule has 200 valence electrons. The third-order valence-electron chi connectivity index (χ3n) is 8.39. The lowest BCUT2D eigenvalue weighted by Gasteiger charge is -2.14. The molecule has 0 unspecified atom stereocenters. The zero-order chi connectivity index (χ0) is 28.2. The van der Waals surface area contributed by atoms with E-state index in [1.807, 2.05) is 12.1 Å². The summed E-state index contributed by atoms with van der Waals surface area (Å²) in [5.41, 5.74) is 11.3. The van der Waals surface area contributed by atoms with Gasteiger partial charge in [-0.2, -0.15) is 0 Å². The molecule has 0 aliphatic heterocycles. The number of aryl methyl sites for hydroxylation is 2. The first-order valence-electron chi connectivity index (χ1n) is 14.2. The molecule has 0 saturated carbocycles. The van der Waals surface area contributed by atoms with E-state index < -0.39 is 0 Å². The molecule has 4 nitrogen and oxygen atoms in total. The lowest BCUT2D eigenvalue weighted by molar-refractivity contribution is 0.959. The molecule has 8 rings (SSSR count). The smallest absolute Gasteiger partial charge is 0.140 e. The van der Waals surface area contributed by atoms with Crippen molar-refractivity contribution in [3.8, 4) is 45.0 Å². The molecule has 8 aromatic rings. The maximum atomic E-state index is 4.89. The highest BCUT2D eigenvalue weighted by Crippen LogP contribution is 2.38. The molecule has 4 heteroatoms. The van der Waals surface area contributed by atoms with Crippen LogP contribution in [-0.4, -0.2) is 19.1 Å². The Balaban J connectivity index is 1.20. The van der Waals surface area contributed by atoms with Crippen LogP contribution in [0.3, 0.4) is 0 Å². The van der Waals surface area contributed by atoms with Gasteiger partial charge in [0.2, 0.25) is 0 Å². The number of nitrogens with zero attached hydrogens (tertiary/aromatic N) is 4. The van der Waals surface area contributed by atoms with Gasteiger partial charge in [-0.15, -0.1) is 0 Å². The van der Waals surface area contributed by atoms with E-state index in [1.54, 1.807) is 0 Å². The molecule has 0 saturated heterocycles. The Morgan fingerprint density at radius 2 is 0.810 bits per heavy atom. The normalized spacial score (nSPS) is 11.6. The van der Waals surface area contributed by atoms with E-state index in [0.717, 1.165) is 44.8 Å². The molecule has 2 heterocycles. The van der Waals surface area contributed by atoms with Gasteiger partial charge in [0.05, 0.1) is 22.1 Å². The molecule has 0 radical (unpaired) electrons. The number of hydrogen-bond donors (Lipinski definition) is 0. The molecule has 2 aromatic heterocycles. The molecule has 42 heavy (non-hydrogen) atoms. The van der Waals surface area contributed by atoms with Crippen molar-refractivity contribution in [2.24, 2.45) is 14.1 Å². The van der Waals surface area contributed by atoms with Gasteiger partial charge >= 0.3 is 0 Å². The topological polar surface area (TPSA) is 35.6 Å². The Kier molecular flexibility index (Phi) is 5.54. The number of imidazole rings is 2. The zero-order valence-electron chi connectivity index (χ0n) is 23.5. The number of aromatic nitrogens is 4. The van der Waals surface area contributed by atoms with Crippen LogP contribution in [0.15, 0.2) is 133 Å². The average molecular weight is 541 g/mol. The highest BCUT2D eigenvalue weighted by atomic mass is 15.1. The van der Waals surface area contributed by atoms with Crippen molar-refractivity contribution in [2.45, 2.75) is 0 Å². The second-order valence-electron chi connectivity index (χ2n) is 10.8. The van der Waals surface area contributed by atoms with Crippen LogP contribution in [0, 0.1) is 0 Å². The highest BCUT2D eigenvalue weighted by Gasteiger charge is 2.14. The van der Waals surface area contributed by atoms with Crippen molar-refractivity contribution in [3.63, 3.8) is 0 Å². The number of para-hydroxylation sites is 4. The number of rotatable bonds is 4. The molecule has 0 bridgehead atoms. The van der Waals surface area contributed by atoms with Crippen LogP contribution in [0.4, 0.5) is 0 Å². The molecule has 0 N–H and O–H groups in total. The largest absolute Gasteiger partial charge is 0.327 e. The number of hydrogen-bond acceptors (Lipinski definition) is 2. The van der Waals surface area contributed by atoms with Gasteiger partial charge in [0.15, 0.2) is 0 Å². The summed E-state index contributed by atoms with van der Waals surface area (Å²) in [6, 6.07) is 47.3. The summed E-state index contributed by atoms with van der Waals surface area (Å²) >= 11 is 0. The molecular weight excluding hydrogens is 512 g/mol. The first-order chi connectivity index (χ1) is 20.7. The fourth-order valence-corrected chi connectivity index (χ4v) is 6.23. The van der Waals surface area contributed by atoms with Gasteiger partial charge in [0.25, 0.3) is 0 Å². The quantitative estimate of drug-likeness (QED) is 0.223. The van der Waals surface area contributed by atoms with Crippen LogP contribution in [0.1, 0.15) is 0 Å². The standard InChI is InChI=1S/C38H28N4/c1-41-34-15-5-3-13-32(34)39-37(41)28-21-17-25(18-22-28)30-11-7-9-27-10-8-12-31(36(27)30)26-19-23-29(24-20-26)38-40-33-14-4-6-16-35(33)42(38)2/h3-24H,1-2H3. The Morgan fingerprint density at radius 1 is 0.405 bits per heavy atom. The maximum Gasteiger partial charge on any atom is 0.140 e. The Bertz CT molecular complexity index is 2090. The fourth-order valence-electron chi connectivity index (χ4n) is 6.23. The first kappa shape index (κ1) is 24.3. The molecule has 0 amide bonds. The molecular formula is C38H28N4. The minimum absolute atomic E-state index is 0.974. The van der Waals surface area contributed by atoms with E-state index in [0.29, 0.717) is 0 Å². The maximum absolute atomic E-state index is 4.89. The molecule has 0 atom stereocenters. The van der Waals surface area contributed by atoms with Crippen LogP contribution in [0.5, 0.6) is 0 Å². The van der Waals surface area contributed by atoms with E-state index in [9.17, 15) is 0 Å². The van der Waals surface area contributed by atoms with Crippen molar-refractivity contribution in [1.29, 1.82) is 0 Å². The van der Waals surface area contributed by atoms with E-state index in [4.69, 9.17) is 9.97 Å². The van der Waals surface area contributed by atoms with E-state index in [1.165, 1.54) is 33.0 Å². The molecule has 0 aliphatic carbocycles. The van der Waals surface area contributed by atoms with Gasteiger partial charge < -0.3 is 9.13 Å². The Morgan fingerprint density at radius 3 is 1.24 bits per heavy atom. The van der Waals surface area contributed by atoms with Crippen LogP contribution in [-0.2, 0) is 14.1 Å². The van der Waals surface area contributed by atoms with Gasteiger partial charge in [-0.1, -0.05) is 109 Å². The van der Waals surface area contributed by atoms with Gasteiger partial charge in [-0.3, -0.25) is 0 Å². The minimum Gasteiger partial charge on any atom is -0.327 e. The monoisotopic (exact) mass is 540 g/mol. The van der Waals surface area contributed by atoms with Crippen LogP contribution in [0.2, 0.25) is 0 Å². The summed E-state index contributed by atoms with van der Waals surface area (Å²) in [5.74, 6) is 1.95. The van der Waals surface area contributed by atoms with E-state index in [2.05, 4.69) is 145 Å². The average Bonchev–Trinajstić information content (AvgIpc) is 3.57. The molecule has 6 aromatic carbocycles. The lowest BCUT2D eigenvalue weighted by atomic mass is 9.91. The summed E-state index contributed by atoms with van der Waals surface area (Å²) in [6.07, 6.45) is 0. The summed E-state index contributed by atoms with van der Waals surface area (Å²) in [4.78, 5) is 9.78. The summed E-state index contributed by atoms with van der Waals surface area (Å²) in [7, 11) is 4.16. The van der Waals surface area contributed by atoms with Gasteiger partial charge in [0, 0.05) is 25.2 Å². The van der Waals surface area contributed by atoms with Crippen molar-refractivity contribution < 1.29 is 0 Å². The van der Waals surface area contributed by atoms with E-state index >= 15 is 0 Å². The summed E-state index contributed by atoms with van der Waals surface area (Å²) < 4.78 is 4.33. The van der Waals surface area contributed by atoms with Crippen molar-refractivity contribution >= 4 is 32.8 Å². The highest BCUT2D eigenvalue weighted by molar-refractivity contribution is 6.06. The third kappa shape index (κ3) is 3.84. The SMILES string of the molecule is Cn1c(-c2ccc(-c3cccc4cccc(-c5ccc(-c6nc7ccccc7n6C)cc5)c34)cc2)nc2ccccc21. The molecule has 0 spiro atoms. The van der Waals surface area contributed by atoms with Crippen molar-refractivity contribution in [2.75, 3.05) is 0 Å². The van der Waals surface area contributed by atoms with Crippen molar-refractivity contribution in [1.82, 2.24) is 19.1 Å². The van der Waals surface area contributed by atoms with Crippen LogP contribution < -0.4 is 0 Å². The van der Waals surface area contributed by atoms with E-state index in [-0.39, 0.29) is 0 Å². The third-order valence-corrected chi connectivity index (χ3v) is 8.39. The second kappa shape index (κ2) is 9.57. The van der Waals surface area contributed by atoms with Crippen LogP contribution in [0.25, 0.3) is 77.9 Å². The first-order valence-corrected chi connectivity index (χ1v) is 14.2. The lowest BCUT2D eigenvalue weighted by Crippen LogP contribution is -1.93. The molecule has 0 aliphatic rings. The number of fused-ring (bicyclic) bond motifs is 3. The fraction of sp³-hybridized carbons (Fsp3) is 0.0526. The predicted molar refractivity (Wildman–Crippen MR) is 174 cm³/mol. The van der Waals surface area contributed by atoms with Gasteiger partial charge in [-0.25, -0.2) is 9.97 Å². The summed E-state index contributed by atoms with van der Waals surface area (Å²) in [5, 5.41) is 2.48. The number of benzene rings is 6. The Labute approximate surface area is 244 Å². The second-order valence-corrected chi connectivity index (χ2v) is 10.8. The summed E-state index contributed by atoms with van der Waals surface area (Å²) in [6.45, 7) is 0. The van der Waals surface area contributed by atoms with Gasteiger partial charge in [0.1, 0.15) is 11.6 Å². The Hall–Kier alpha value is -5.48. The zero-order valence-corrected chi connectivity index (χ0v) is 23.5. The van der Waals surface area contributed by atoms with Gasteiger partial charge in [-0.05, 0) is 57.3 Å².